The Morgan fingerprint density at radius 2 is 1.52 bits per heavy atom. The van der Waals surface area contributed by atoms with Crippen molar-refractivity contribution >= 4 is 15.7 Å². The largest absolute Gasteiger partial charge is 0.493 e. The lowest BCUT2D eigenvalue weighted by atomic mass is 10.2. The molecule has 158 valence electrons. The Morgan fingerprint density at radius 1 is 0.839 bits per heavy atom. The molecule has 0 bridgehead atoms. The van der Waals surface area contributed by atoms with Gasteiger partial charge in [0.25, 0.3) is 15.9 Å². The number of anilines is 1. The number of aromatic nitrogens is 2. The van der Waals surface area contributed by atoms with E-state index in [2.05, 4.69) is 14.9 Å². The third-order valence-corrected chi connectivity index (χ3v) is 5.90. The first kappa shape index (κ1) is 20.4. The number of hydrogen-bond acceptors (Lipinski definition) is 7. The van der Waals surface area contributed by atoms with Gasteiger partial charge in [0.05, 0.1) is 19.1 Å². The lowest BCUT2D eigenvalue weighted by Crippen LogP contribution is -2.12. The van der Waals surface area contributed by atoms with E-state index in [1.165, 1.54) is 12.1 Å². The molecule has 0 aliphatic carbocycles. The summed E-state index contributed by atoms with van der Waals surface area (Å²) in [5.41, 5.74) is 1.79. The van der Waals surface area contributed by atoms with Crippen molar-refractivity contribution in [1.82, 2.24) is 10.1 Å². The van der Waals surface area contributed by atoms with Gasteiger partial charge in [-0.3, -0.25) is 4.72 Å². The summed E-state index contributed by atoms with van der Waals surface area (Å²) in [4.78, 5) is 4.61. The van der Waals surface area contributed by atoms with E-state index in [1.807, 2.05) is 0 Å². The number of nitrogens with zero attached hydrogens (tertiary/aromatic N) is 2. The Kier molecular flexibility index (Phi) is 5.59. The fourth-order valence-electron chi connectivity index (χ4n) is 2.93. The average molecular weight is 437 g/mol. The molecule has 0 fully saturated rings. The smallest absolute Gasteiger partial charge is 0.261 e. The molecule has 0 amide bonds. The molecule has 9 heteroatoms. The van der Waals surface area contributed by atoms with E-state index in [1.54, 1.807) is 74.9 Å². The van der Waals surface area contributed by atoms with Crippen LogP contribution in [0.1, 0.15) is 0 Å². The molecule has 0 aliphatic heterocycles. The number of benzene rings is 3. The van der Waals surface area contributed by atoms with Crippen LogP contribution >= 0.6 is 0 Å². The SMILES string of the molecule is COc1ccc(-c2noc(-c3ccc(NS(=O)(=O)c4ccccc4)cc3)n2)cc1OC. The molecule has 1 heterocycles. The molecule has 31 heavy (non-hydrogen) atoms. The third-order valence-electron chi connectivity index (χ3n) is 4.51. The average Bonchev–Trinajstić information content (AvgIpc) is 3.30. The molecule has 1 N–H and O–H groups in total. The summed E-state index contributed by atoms with van der Waals surface area (Å²) in [6, 6.07) is 20.2. The number of rotatable bonds is 7. The quantitative estimate of drug-likeness (QED) is 0.462. The summed E-state index contributed by atoms with van der Waals surface area (Å²) in [6.07, 6.45) is 0. The standard InChI is InChI=1S/C22H19N3O5S/c1-28-19-13-10-16(14-20(19)29-2)21-23-22(30-24-21)15-8-11-17(12-9-15)25-31(26,27)18-6-4-3-5-7-18/h3-14,25H,1-2H3. The molecule has 4 rings (SSSR count). The zero-order valence-electron chi connectivity index (χ0n) is 16.8. The Labute approximate surface area is 179 Å². The molecular weight excluding hydrogens is 418 g/mol. The highest BCUT2D eigenvalue weighted by Gasteiger charge is 2.15. The van der Waals surface area contributed by atoms with Crippen LogP contribution in [0.3, 0.4) is 0 Å². The van der Waals surface area contributed by atoms with Crippen LogP contribution in [0, 0.1) is 0 Å². The Hall–Kier alpha value is -3.85. The van der Waals surface area contributed by atoms with Crippen molar-refractivity contribution in [2.24, 2.45) is 0 Å². The minimum Gasteiger partial charge on any atom is -0.493 e. The molecule has 4 aromatic rings. The van der Waals surface area contributed by atoms with Crippen molar-refractivity contribution in [3.05, 3.63) is 72.8 Å². The first-order chi connectivity index (χ1) is 15.0. The normalized spacial score (nSPS) is 11.2. The maximum Gasteiger partial charge on any atom is 0.261 e. The lowest BCUT2D eigenvalue weighted by molar-refractivity contribution is 0.355. The topological polar surface area (TPSA) is 104 Å². The zero-order chi connectivity index (χ0) is 21.8. The fourth-order valence-corrected chi connectivity index (χ4v) is 4.01. The van der Waals surface area contributed by atoms with Crippen LogP contribution in [0.2, 0.25) is 0 Å². The summed E-state index contributed by atoms with van der Waals surface area (Å²) >= 11 is 0. The maximum absolute atomic E-state index is 12.4. The first-order valence-electron chi connectivity index (χ1n) is 9.24. The molecule has 1 aromatic heterocycles. The predicted molar refractivity (Wildman–Crippen MR) is 116 cm³/mol. The second-order valence-corrected chi connectivity index (χ2v) is 8.17. The summed E-state index contributed by atoms with van der Waals surface area (Å²) < 4.78 is 43.4. The molecule has 0 saturated heterocycles. The van der Waals surface area contributed by atoms with Crippen LogP contribution in [0.15, 0.2) is 82.2 Å². The van der Waals surface area contributed by atoms with E-state index >= 15 is 0 Å². The number of ether oxygens (including phenoxy) is 2. The second kappa shape index (κ2) is 8.49. The van der Waals surface area contributed by atoms with Crippen LogP contribution in [-0.2, 0) is 10.0 Å². The van der Waals surface area contributed by atoms with E-state index in [0.29, 0.717) is 40.0 Å². The van der Waals surface area contributed by atoms with E-state index in [-0.39, 0.29) is 4.90 Å². The monoisotopic (exact) mass is 437 g/mol. The van der Waals surface area contributed by atoms with Gasteiger partial charge in [0.2, 0.25) is 5.82 Å². The lowest BCUT2D eigenvalue weighted by Gasteiger charge is -2.08. The highest BCUT2D eigenvalue weighted by atomic mass is 32.2. The van der Waals surface area contributed by atoms with Crippen molar-refractivity contribution in [2.75, 3.05) is 18.9 Å². The van der Waals surface area contributed by atoms with Crippen molar-refractivity contribution in [2.45, 2.75) is 4.90 Å². The number of hydrogen-bond donors (Lipinski definition) is 1. The van der Waals surface area contributed by atoms with E-state index < -0.39 is 10.0 Å². The number of sulfonamides is 1. The molecule has 0 saturated carbocycles. The molecular formula is C22H19N3O5S. The Balaban J connectivity index is 1.54. The van der Waals surface area contributed by atoms with Crippen molar-refractivity contribution in [3.63, 3.8) is 0 Å². The van der Waals surface area contributed by atoms with Gasteiger partial charge in [-0.25, -0.2) is 8.42 Å². The van der Waals surface area contributed by atoms with Gasteiger partial charge in [0, 0.05) is 16.8 Å². The Bertz CT molecular complexity index is 1290. The molecule has 0 spiro atoms. The van der Waals surface area contributed by atoms with Crippen molar-refractivity contribution < 1.29 is 22.4 Å². The Morgan fingerprint density at radius 3 is 2.19 bits per heavy atom. The molecule has 8 nitrogen and oxygen atoms in total. The second-order valence-electron chi connectivity index (χ2n) is 6.49. The minimum atomic E-state index is -3.66. The third kappa shape index (κ3) is 4.36. The first-order valence-corrected chi connectivity index (χ1v) is 10.7. The summed E-state index contributed by atoms with van der Waals surface area (Å²) in [7, 11) is -0.543. The van der Waals surface area contributed by atoms with Crippen LogP contribution < -0.4 is 14.2 Å². The van der Waals surface area contributed by atoms with Crippen molar-refractivity contribution in [3.8, 4) is 34.3 Å². The van der Waals surface area contributed by atoms with Crippen LogP contribution in [0.25, 0.3) is 22.8 Å². The van der Waals surface area contributed by atoms with Gasteiger partial charge in [-0.1, -0.05) is 23.4 Å². The fraction of sp³-hybridized carbons (Fsp3) is 0.0909. The van der Waals surface area contributed by atoms with E-state index in [0.717, 1.165) is 0 Å². The summed E-state index contributed by atoms with van der Waals surface area (Å²) in [5, 5.41) is 4.02. The van der Waals surface area contributed by atoms with Crippen LogP contribution in [0.5, 0.6) is 11.5 Å². The molecule has 0 aliphatic rings. The van der Waals surface area contributed by atoms with Gasteiger partial charge >= 0.3 is 0 Å². The van der Waals surface area contributed by atoms with Crippen LogP contribution in [-0.4, -0.2) is 32.8 Å². The van der Waals surface area contributed by atoms with Crippen LogP contribution in [0.4, 0.5) is 5.69 Å². The van der Waals surface area contributed by atoms with Gasteiger partial charge in [-0.15, -0.1) is 0 Å². The number of methoxy groups -OCH3 is 2. The molecule has 0 atom stereocenters. The van der Waals surface area contributed by atoms with Gasteiger partial charge in [0.15, 0.2) is 11.5 Å². The molecule has 3 aromatic carbocycles. The van der Waals surface area contributed by atoms with Gasteiger partial charge in [-0.05, 0) is 54.6 Å². The zero-order valence-corrected chi connectivity index (χ0v) is 17.6. The highest BCUT2D eigenvalue weighted by molar-refractivity contribution is 7.92. The number of nitrogens with one attached hydrogen (secondary N) is 1. The molecule has 0 unspecified atom stereocenters. The van der Waals surface area contributed by atoms with Crippen molar-refractivity contribution in [1.29, 1.82) is 0 Å². The van der Waals surface area contributed by atoms with Gasteiger partial charge in [0.1, 0.15) is 0 Å². The minimum absolute atomic E-state index is 0.190. The molecule has 0 radical (unpaired) electrons. The predicted octanol–water partition coefficient (Wildman–Crippen LogP) is 4.22. The van der Waals surface area contributed by atoms with Gasteiger partial charge < -0.3 is 14.0 Å². The van der Waals surface area contributed by atoms with E-state index in [4.69, 9.17) is 14.0 Å². The highest BCUT2D eigenvalue weighted by Crippen LogP contribution is 2.32. The van der Waals surface area contributed by atoms with Gasteiger partial charge in [-0.2, -0.15) is 4.98 Å². The summed E-state index contributed by atoms with van der Waals surface area (Å²) in [6.45, 7) is 0. The summed E-state index contributed by atoms with van der Waals surface area (Å²) in [5.74, 6) is 1.86. The van der Waals surface area contributed by atoms with E-state index in [9.17, 15) is 8.42 Å². The maximum atomic E-state index is 12.4.